The van der Waals surface area contributed by atoms with Crippen molar-refractivity contribution in [2.24, 2.45) is 0 Å². The van der Waals surface area contributed by atoms with Gasteiger partial charge in [-0.15, -0.1) is 0 Å². The second-order valence-electron chi connectivity index (χ2n) is 5.99. The molecule has 1 aliphatic rings. The van der Waals surface area contributed by atoms with Crippen molar-refractivity contribution >= 4 is 0 Å². The van der Waals surface area contributed by atoms with Crippen LogP contribution in [0, 0.1) is 13.8 Å². The molecule has 0 saturated heterocycles. The van der Waals surface area contributed by atoms with Crippen molar-refractivity contribution in [3.8, 4) is 5.75 Å². The van der Waals surface area contributed by atoms with Gasteiger partial charge in [0.05, 0.1) is 0 Å². The number of ether oxygens (including phenoxy) is 1. The Morgan fingerprint density at radius 1 is 1.14 bits per heavy atom. The molecule has 0 spiro atoms. The standard InChI is InChI=1S/C19H23NO/c1-13-8-9-15(10-14(13)2)11-17(20-3)19-12-16-6-4-5-7-18(16)21-19/h4-10,17,19-20H,11-12H2,1-3H3. The van der Waals surface area contributed by atoms with Crippen LogP contribution in [-0.2, 0) is 12.8 Å². The van der Waals surface area contributed by atoms with Gasteiger partial charge in [-0.3, -0.25) is 0 Å². The number of nitrogens with one attached hydrogen (secondary N) is 1. The molecule has 2 atom stereocenters. The molecule has 0 radical (unpaired) electrons. The number of likely N-dealkylation sites (N-methyl/N-ethyl adjacent to an activating group) is 1. The summed E-state index contributed by atoms with van der Waals surface area (Å²) in [6.45, 7) is 4.33. The highest BCUT2D eigenvalue weighted by Crippen LogP contribution is 2.30. The lowest BCUT2D eigenvalue weighted by Gasteiger charge is -2.23. The minimum atomic E-state index is 0.217. The minimum absolute atomic E-state index is 0.217. The van der Waals surface area contributed by atoms with E-state index in [2.05, 4.69) is 55.6 Å². The smallest absolute Gasteiger partial charge is 0.123 e. The highest BCUT2D eigenvalue weighted by atomic mass is 16.5. The molecule has 0 amide bonds. The number of fused-ring (bicyclic) bond motifs is 1. The predicted octanol–water partition coefficient (Wildman–Crippen LogP) is 3.44. The number of hydrogen-bond acceptors (Lipinski definition) is 2. The molecule has 2 heteroatoms. The maximum Gasteiger partial charge on any atom is 0.123 e. The Morgan fingerprint density at radius 3 is 2.67 bits per heavy atom. The molecule has 1 aliphatic heterocycles. The molecule has 0 saturated carbocycles. The van der Waals surface area contributed by atoms with Gasteiger partial charge in [0.2, 0.25) is 0 Å². The second-order valence-corrected chi connectivity index (χ2v) is 5.99. The van der Waals surface area contributed by atoms with Gasteiger partial charge in [-0.1, -0.05) is 36.4 Å². The van der Waals surface area contributed by atoms with Gasteiger partial charge in [-0.25, -0.2) is 0 Å². The van der Waals surface area contributed by atoms with E-state index < -0.39 is 0 Å². The first-order valence-electron chi connectivity index (χ1n) is 7.65. The highest BCUT2D eigenvalue weighted by molar-refractivity contribution is 5.38. The molecule has 2 aromatic carbocycles. The van der Waals surface area contributed by atoms with Crippen LogP contribution in [0.4, 0.5) is 0 Å². The Bertz CT molecular complexity index is 610. The lowest BCUT2D eigenvalue weighted by atomic mass is 9.96. The largest absolute Gasteiger partial charge is 0.488 e. The zero-order valence-electron chi connectivity index (χ0n) is 13.0. The average Bonchev–Trinajstić information content (AvgIpc) is 2.92. The first kappa shape index (κ1) is 14.2. The first-order chi connectivity index (χ1) is 10.2. The molecule has 0 aromatic heterocycles. The van der Waals surface area contributed by atoms with Crippen LogP contribution in [0.15, 0.2) is 42.5 Å². The van der Waals surface area contributed by atoms with E-state index in [1.807, 2.05) is 13.1 Å². The number of para-hydroxylation sites is 1. The topological polar surface area (TPSA) is 21.3 Å². The Labute approximate surface area is 127 Å². The molecule has 2 unspecified atom stereocenters. The summed E-state index contributed by atoms with van der Waals surface area (Å²) >= 11 is 0. The highest BCUT2D eigenvalue weighted by Gasteiger charge is 2.29. The van der Waals surface area contributed by atoms with Crippen molar-refractivity contribution in [1.82, 2.24) is 5.32 Å². The third kappa shape index (κ3) is 2.96. The zero-order chi connectivity index (χ0) is 14.8. The Balaban J connectivity index is 1.73. The molecule has 2 aromatic rings. The SMILES string of the molecule is CNC(Cc1ccc(C)c(C)c1)C1Cc2ccccc2O1. The number of hydrogen-bond donors (Lipinski definition) is 1. The maximum atomic E-state index is 6.12. The van der Waals surface area contributed by atoms with Gasteiger partial charge >= 0.3 is 0 Å². The third-order valence-corrected chi connectivity index (χ3v) is 4.52. The van der Waals surface area contributed by atoms with Gasteiger partial charge in [0.25, 0.3) is 0 Å². The third-order valence-electron chi connectivity index (χ3n) is 4.52. The normalized spacial score (nSPS) is 18.1. The van der Waals surface area contributed by atoms with E-state index in [0.717, 1.165) is 18.6 Å². The monoisotopic (exact) mass is 281 g/mol. The van der Waals surface area contributed by atoms with Crippen LogP contribution in [0.3, 0.4) is 0 Å². The quantitative estimate of drug-likeness (QED) is 0.927. The molecule has 0 fully saturated rings. The number of rotatable bonds is 4. The fourth-order valence-corrected chi connectivity index (χ4v) is 3.04. The number of aryl methyl sites for hydroxylation is 2. The summed E-state index contributed by atoms with van der Waals surface area (Å²) in [7, 11) is 2.03. The summed E-state index contributed by atoms with van der Waals surface area (Å²) in [6, 6.07) is 15.4. The predicted molar refractivity (Wildman–Crippen MR) is 87.0 cm³/mol. The molecule has 2 nitrogen and oxygen atoms in total. The second kappa shape index (κ2) is 5.90. The van der Waals surface area contributed by atoms with Crippen LogP contribution in [0.5, 0.6) is 5.75 Å². The lowest BCUT2D eigenvalue weighted by molar-refractivity contribution is 0.182. The van der Waals surface area contributed by atoms with Crippen LogP contribution in [0.1, 0.15) is 22.3 Å². The summed E-state index contributed by atoms with van der Waals surface area (Å²) in [5, 5.41) is 3.44. The van der Waals surface area contributed by atoms with Crippen molar-refractivity contribution in [2.45, 2.75) is 38.8 Å². The molecule has 1 N–H and O–H groups in total. The van der Waals surface area contributed by atoms with E-state index in [4.69, 9.17) is 4.74 Å². The molecule has 1 heterocycles. The maximum absolute atomic E-state index is 6.12. The summed E-state index contributed by atoms with van der Waals surface area (Å²) in [6.07, 6.45) is 2.21. The van der Waals surface area contributed by atoms with E-state index in [1.54, 1.807) is 0 Å². The average molecular weight is 281 g/mol. The van der Waals surface area contributed by atoms with Crippen molar-refractivity contribution in [3.63, 3.8) is 0 Å². The molecular formula is C19H23NO. The summed E-state index contributed by atoms with van der Waals surface area (Å²) < 4.78 is 6.12. The van der Waals surface area contributed by atoms with Crippen LogP contribution in [0.25, 0.3) is 0 Å². The van der Waals surface area contributed by atoms with Gasteiger partial charge in [-0.2, -0.15) is 0 Å². The van der Waals surface area contributed by atoms with Crippen molar-refractivity contribution in [3.05, 3.63) is 64.7 Å². The van der Waals surface area contributed by atoms with Gasteiger partial charge in [0, 0.05) is 12.5 Å². The fourth-order valence-electron chi connectivity index (χ4n) is 3.04. The van der Waals surface area contributed by atoms with Crippen LogP contribution in [0.2, 0.25) is 0 Å². The molecule has 21 heavy (non-hydrogen) atoms. The molecule has 110 valence electrons. The Morgan fingerprint density at radius 2 is 1.95 bits per heavy atom. The van der Waals surface area contributed by atoms with Gasteiger partial charge in [-0.05, 0) is 55.6 Å². The molecule has 3 rings (SSSR count). The van der Waals surface area contributed by atoms with E-state index in [9.17, 15) is 0 Å². The van der Waals surface area contributed by atoms with Crippen molar-refractivity contribution in [1.29, 1.82) is 0 Å². The summed E-state index contributed by atoms with van der Waals surface area (Å²) in [4.78, 5) is 0. The van der Waals surface area contributed by atoms with Crippen LogP contribution < -0.4 is 10.1 Å². The Kier molecular flexibility index (Phi) is 3.98. The minimum Gasteiger partial charge on any atom is -0.488 e. The molecule has 0 bridgehead atoms. The van der Waals surface area contributed by atoms with E-state index in [-0.39, 0.29) is 6.10 Å². The van der Waals surface area contributed by atoms with Gasteiger partial charge in [0.15, 0.2) is 0 Å². The summed E-state index contributed by atoms with van der Waals surface area (Å²) in [5.41, 5.74) is 5.40. The van der Waals surface area contributed by atoms with E-state index in [0.29, 0.717) is 6.04 Å². The van der Waals surface area contributed by atoms with Crippen molar-refractivity contribution in [2.75, 3.05) is 7.05 Å². The van der Waals surface area contributed by atoms with Crippen molar-refractivity contribution < 1.29 is 4.74 Å². The van der Waals surface area contributed by atoms with Crippen LogP contribution in [-0.4, -0.2) is 19.2 Å². The van der Waals surface area contributed by atoms with Gasteiger partial charge < -0.3 is 10.1 Å². The van der Waals surface area contributed by atoms with Crippen LogP contribution >= 0.6 is 0 Å². The molecular weight excluding hydrogens is 258 g/mol. The Hall–Kier alpha value is -1.80. The molecule has 0 aliphatic carbocycles. The van der Waals surface area contributed by atoms with E-state index >= 15 is 0 Å². The zero-order valence-corrected chi connectivity index (χ0v) is 13.0. The first-order valence-corrected chi connectivity index (χ1v) is 7.65. The van der Waals surface area contributed by atoms with E-state index in [1.165, 1.54) is 22.3 Å². The number of benzene rings is 2. The fraction of sp³-hybridized carbons (Fsp3) is 0.368. The lowest BCUT2D eigenvalue weighted by Crippen LogP contribution is -2.42. The van der Waals surface area contributed by atoms with Gasteiger partial charge in [0.1, 0.15) is 11.9 Å². The summed E-state index contributed by atoms with van der Waals surface area (Å²) in [5.74, 6) is 1.04.